The summed E-state index contributed by atoms with van der Waals surface area (Å²) in [6.07, 6.45) is 5.50. The minimum Gasteiger partial charge on any atom is -0.397 e. The summed E-state index contributed by atoms with van der Waals surface area (Å²) in [5, 5.41) is 0. The lowest BCUT2D eigenvalue weighted by molar-refractivity contribution is 1.03. The maximum Gasteiger partial charge on any atom is 0.0696 e. The van der Waals surface area contributed by atoms with Crippen molar-refractivity contribution in [3.63, 3.8) is 0 Å². The van der Waals surface area contributed by atoms with Crippen molar-refractivity contribution in [2.75, 3.05) is 22.1 Å². The van der Waals surface area contributed by atoms with Crippen molar-refractivity contribution in [2.24, 2.45) is 0 Å². The number of benzene rings is 3. The SMILES string of the molecule is CCc1ccc(N(c2ccc(CC)c(CC)c2N)c2ccc(CC)c(CC)c2N)c(N)c1CC. The molecule has 0 fully saturated rings. The van der Waals surface area contributed by atoms with E-state index in [4.69, 9.17) is 17.2 Å². The highest BCUT2D eigenvalue weighted by molar-refractivity contribution is 5.94. The third kappa shape index (κ3) is 4.34. The summed E-state index contributed by atoms with van der Waals surface area (Å²) in [5.41, 5.74) is 33.3. The molecule has 6 N–H and O–H groups in total. The average molecular weight is 459 g/mol. The smallest absolute Gasteiger partial charge is 0.0696 e. The zero-order chi connectivity index (χ0) is 25.0. The number of hydrogen-bond acceptors (Lipinski definition) is 4. The summed E-state index contributed by atoms with van der Waals surface area (Å²) in [5.74, 6) is 0. The molecule has 3 aromatic rings. The Kier molecular flexibility index (Phi) is 8.14. The van der Waals surface area contributed by atoms with Gasteiger partial charge in [-0.15, -0.1) is 0 Å². The predicted molar refractivity (Wildman–Crippen MR) is 151 cm³/mol. The zero-order valence-corrected chi connectivity index (χ0v) is 21.9. The summed E-state index contributed by atoms with van der Waals surface area (Å²) < 4.78 is 0. The van der Waals surface area contributed by atoms with E-state index in [0.29, 0.717) is 0 Å². The molecule has 182 valence electrons. The monoisotopic (exact) mass is 458 g/mol. The van der Waals surface area contributed by atoms with E-state index in [1.54, 1.807) is 0 Å². The number of hydrogen-bond donors (Lipinski definition) is 3. The van der Waals surface area contributed by atoms with Crippen LogP contribution < -0.4 is 22.1 Å². The molecule has 0 aliphatic rings. The molecule has 0 aliphatic carbocycles. The highest BCUT2D eigenvalue weighted by Gasteiger charge is 2.24. The van der Waals surface area contributed by atoms with Gasteiger partial charge in [-0.3, -0.25) is 0 Å². The van der Waals surface area contributed by atoms with Gasteiger partial charge >= 0.3 is 0 Å². The summed E-state index contributed by atoms with van der Waals surface area (Å²) in [7, 11) is 0. The fourth-order valence-electron chi connectivity index (χ4n) is 5.31. The van der Waals surface area contributed by atoms with Crippen molar-refractivity contribution in [2.45, 2.75) is 80.1 Å². The van der Waals surface area contributed by atoms with Crippen LogP contribution in [0.2, 0.25) is 0 Å². The van der Waals surface area contributed by atoms with Gasteiger partial charge in [-0.05, 0) is 90.1 Å². The van der Waals surface area contributed by atoms with Crippen LogP contribution in [0.3, 0.4) is 0 Å². The molecule has 0 heterocycles. The van der Waals surface area contributed by atoms with E-state index in [1.807, 2.05) is 0 Å². The molecule has 0 radical (unpaired) electrons. The first-order valence-electron chi connectivity index (χ1n) is 12.9. The second-order valence-electron chi connectivity index (χ2n) is 8.86. The highest BCUT2D eigenvalue weighted by atomic mass is 15.2. The van der Waals surface area contributed by atoms with E-state index in [2.05, 4.69) is 82.8 Å². The fraction of sp³-hybridized carbons (Fsp3) is 0.400. The second-order valence-corrected chi connectivity index (χ2v) is 8.86. The first-order chi connectivity index (χ1) is 16.4. The first kappa shape index (κ1) is 25.5. The van der Waals surface area contributed by atoms with Gasteiger partial charge in [0, 0.05) is 0 Å². The highest BCUT2D eigenvalue weighted by Crippen LogP contribution is 2.47. The lowest BCUT2D eigenvalue weighted by Crippen LogP contribution is -2.18. The molecule has 3 rings (SSSR count). The number of nitrogens with two attached hydrogens (primary N) is 3. The summed E-state index contributed by atoms with van der Waals surface area (Å²) in [6.45, 7) is 13.0. The maximum atomic E-state index is 6.88. The Hall–Kier alpha value is -3.14. The van der Waals surface area contributed by atoms with E-state index < -0.39 is 0 Å². The standard InChI is InChI=1S/C30H42N4/c1-7-19-13-16-25(28(31)22(19)10-4)34(26-17-14-20(8-2)23(11-5)29(26)32)27-18-15-21(9-3)24(12-6)30(27)33/h13-18H,7-12,31-33H2,1-6H3. The van der Waals surface area contributed by atoms with Crippen LogP contribution in [0.5, 0.6) is 0 Å². The molecule has 0 aromatic heterocycles. The van der Waals surface area contributed by atoms with Crippen molar-refractivity contribution in [3.8, 4) is 0 Å². The fourth-order valence-corrected chi connectivity index (χ4v) is 5.31. The second kappa shape index (κ2) is 10.9. The van der Waals surface area contributed by atoms with Crippen molar-refractivity contribution in [1.29, 1.82) is 0 Å². The largest absolute Gasteiger partial charge is 0.397 e. The molecule has 0 amide bonds. The van der Waals surface area contributed by atoms with Crippen LogP contribution in [0, 0.1) is 0 Å². The van der Waals surface area contributed by atoms with Crippen LogP contribution in [0.4, 0.5) is 34.1 Å². The zero-order valence-electron chi connectivity index (χ0n) is 21.9. The van der Waals surface area contributed by atoms with E-state index in [-0.39, 0.29) is 0 Å². The van der Waals surface area contributed by atoms with Gasteiger partial charge in [0.15, 0.2) is 0 Å². The van der Waals surface area contributed by atoms with Gasteiger partial charge in [0.2, 0.25) is 0 Å². The molecule has 0 aliphatic heterocycles. The van der Waals surface area contributed by atoms with Gasteiger partial charge in [-0.1, -0.05) is 59.7 Å². The molecule has 0 bridgehead atoms. The van der Waals surface area contributed by atoms with Crippen molar-refractivity contribution >= 4 is 34.1 Å². The van der Waals surface area contributed by atoms with Gasteiger partial charge in [-0.25, -0.2) is 0 Å². The van der Waals surface area contributed by atoms with Gasteiger partial charge in [0.25, 0.3) is 0 Å². The van der Waals surface area contributed by atoms with Crippen LogP contribution in [0.25, 0.3) is 0 Å². The molecule has 0 saturated carbocycles. The molecule has 0 unspecified atom stereocenters. The minimum atomic E-state index is 0.802. The molecular weight excluding hydrogens is 416 g/mol. The predicted octanol–water partition coefficient (Wildman–Crippen LogP) is 7.28. The number of aryl methyl sites for hydroxylation is 3. The van der Waals surface area contributed by atoms with Gasteiger partial charge in [-0.2, -0.15) is 0 Å². The Bertz CT molecular complexity index is 1020. The number of nitrogen functional groups attached to an aromatic ring is 3. The van der Waals surface area contributed by atoms with E-state index >= 15 is 0 Å². The van der Waals surface area contributed by atoms with E-state index in [0.717, 1.165) is 72.6 Å². The van der Waals surface area contributed by atoms with Crippen molar-refractivity contribution < 1.29 is 0 Å². The van der Waals surface area contributed by atoms with E-state index in [9.17, 15) is 0 Å². The summed E-state index contributed by atoms with van der Waals surface area (Å²) in [4.78, 5) is 2.19. The summed E-state index contributed by atoms with van der Waals surface area (Å²) >= 11 is 0. The van der Waals surface area contributed by atoms with E-state index in [1.165, 1.54) is 33.4 Å². The molecule has 0 saturated heterocycles. The molecular formula is C30H42N4. The topological polar surface area (TPSA) is 81.3 Å². The number of anilines is 6. The number of nitrogens with zero attached hydrogens (tertiary/aromatic N) is 1. The lowest BCUT2D eigenvalue weighted by atomic mass is 9.95. The van der Waals surface area contributed by atoms with Crippen LogP contribution in [0.1, 0.15) is 74.9 Å². The minimum absolute atomic E-state index is 0.802. The van der Waals surface area contributed by atoms with Crippen LogP contribution in [0.15, 0.2) is 36.4 Å². The molecule has 34 heavy (non-hydrogen) atoms. The Labute approximate surface area is 206 Å². The quantitative estimate of drug-likeness (QED) is 0.294. The Morgan fingerprint density at radius 2 is 0.706 bits per heavy atom. The molecule has 3 aromatic carbocycles. The first-order valence-corrected chi connectivity index (χ1v) is 12.9. The van der Waals surface area contributed by atoms with Gasteiger partial charge in [0.05, 0.1) is 34.1 Å². The van der Waals surface area contributed by atoms with Crippen molar-refractivity contribution in [1.82, 2.24) is 0 Å². The van der Waals surface area contributed by atoms with Crippen LogP contribution in [-0.4, -0.2) is 0 Å². The van der Waals surface area contributed by atoms with Crippen LogP contribution in [-0.2, 0) is 38.5 Å². The lowest BCUT2D eigenvalue weighted by Gasteiger charge is -2.32. The van der Waals surface area contributed by atoms with Crippen LogP contribution >= 0.6 is 0 Å². The number of rotatable bonds is 9. The maximum absolute atomic E-state index is 6.88. The van der Waals surface area contributed by atoms with Crippen molar-refractivity contribution in [3.05, 3.63) is 69.8 Å². The molecule has 4 nitrogen and oxygen atoms in total. The molecule has 4 heteroatoms. The normalized spacial score (nSPS) is 11.1. The van der Waals surface area contributed by atoms with Gasteiger partial charge < -0.3 is 22.1 Å². The Morgan fingerprint density at radius 1 is 0.441 bits per heavy atom. The Balaban J connectivity index is 2.41. The molecule has 0 atom stereocenters. The Morgan fingerprint density at radius 3 is 0.912 bits per heavy atom. The third-order valence-corrected chi connectivity index (χ3v) is 7.22. The summed E-state index contributed by atoms with van der Waals surface area (Å²) in [6, 6.07) is 13.0. The van der Waals surface area contributed by atoms with Gasteiger partial charge in [0.1, 0.15) is 0 Å². The third-order valence-electron chi connectivity index (χ3n) is 7.22. The average Bonchev–Trinajstić information content (AvgIpc) is 2.85. The molecule has 0 spiro atoms.